The monoisotopic (exact) mass is 173 g/mol. The molecule has 1 heterocycles. The normalized spacial score (nSPS) is 21.9. The molecule has 1 aliphatic heterocycles. The van der Waals surface area contributed by atoms with Crippen molar-refractivity contribution in [3.05, 3.63) is 11.8 Å². The lowest BCUT2D eigenvalue weighted by Gasteiger charge is -2.28. The zero-order valence-corrected chi connectivity index (χ0v) is 7.64. The summed E-state index contributed by atoms with van der Waals surface area (Å²) in [4.78, 5) is 0. The first-order valence-corrected chi connectivity index (χ1v) is 4.33. The maximum absolute atomic E-state index is 14.0. The van der Waals surface area contributed by atoms with Gasteiger partial charge in [-0.3, -0.25) is 0 Å². The second-order valence-electron chi connectivity index (χ2n) is 3.43. The van der Waals surface area contributed by atoms with Crippen molar-refractivity contribution < 1.29 is 9.13 Å². The van der Waals surface area contributed by atoms with E-state index in [9.17, 15) is 4.39 Å². The van der Waals surface area contributed by atoms with Crippen molar-refractivity contribution in [1.29, 1.82) is 0 Å². The van der Waals surface area contributed by atoms with Gasteiger partial charge in [0.2, 0.25) is 0 Å². The molecule has 0 bridgehead atoms. The molecule has 12 heavy (non-hydrogen) atoms. The second-order valence-corrected chi connectivity index (χ2v) is 3.43. The Kier molecular flexibility index (Phi) is 2.73. The van der Waals surface area contributed by atoms with E-state index in [0.29, 0.717) is 12.4 Å². The van der Waals surface area contributed by atoms with E-state index in [4.69, 9.17) is 10.5 Å². The molecule has 0 saturated heterocycles. The van der Waals surface area contributed by atoms with Crippen molar-refractivity contribution in [2.75, 3.05) is 13.2 Å². The van der Waals surface area contributed by atoms with E-state index < -0.39 is 5.67 Å². The fourth-order valence-electron chi connectivity index (χ4n) is 1.33. The maximum atomic E-state index is 14.0. The minimum Gasteiger partial charge on any atom is -0.494 e. The Morgan fingerprint density at radius 2 is 2.42 bits per heavy atom. The van der Waals surface area contributed by atoms with Gasteiger partial charge in [-0.05, 0) is 12.0 Å². The molecule has 0 radical (unpaired) electrons. The molecule has 70 valence electrons. The smallest absolute Gasteiger partial charge is 0.181 e. The summed E-state index contributed by atoms with van der Waals surface area (Å²) < 4.78 is 19.2. The van der Waals surface area contributed by atoms with E-state index in [0.717, 1.165) is 6.42 Å². The summed E-state index contributed by atoms with van der Waals surface area (Å²) in [6.45, 7) is 4.22. The summed E-state index contributed by atoms with van der Waals surface area (Å²) in [5, 5.41) is 0. The molecule has 1 rings (SSSR count). The third-order valence-electron chi connectivity index (χ3n) is 2.33. The average molecular weight is 173 g/mol. The predicted octanol–water partition coefficient (Wildman–Crippen LogP) is 1.61. The van der Waals surface area contributed by atoms with Crippen LogP contribution >= 0.6 is 0 Å². The molecule has 0 fully saturated rings. The molecule has 1 atom stereocenters. The Bertz CT molecular complexity index is 191. The first-order chi connectivity index (χ1) is 5.61. The highest BCUT2D eigenvalue weighted by atomic mass is 19.1. The van der Waals surface area contributed by atoms with E-state index in [2.05, 4.69) is 0 Å². The first kappa shape index (κ1) is 9.52. The molecule has 2 N–H and O–H groups in total. The van der Waals surface area contributed by atoms with Crippen molar-refractivity contribution in [1.82, 2.24) is 0 Å². The van der Waals surface area contributed by atoms with Gasteiger partial charge in [-0.25, -0.2) is 4.39 Å². The van der Waals surface area contributed by atoms with Crippen molar-refractivity contribution in [2.24, 2.45) is 11.7 Å². The first-order valence-electron chi connectivity index (χ1n) is 4.33. The van der Waals surface area contributed by atoms with Crippen LogP contribution in [0.25, 0.3) is 0 Å². The number of ether oxygens (including phenoxy) is 1. The van der Waals surface area contributed by atoms with E-state index in [1.165, 1.54) is 0 Å². The highest BCUT2D eigenvalue weighted by Gasteiger charge is 2.39. The van der Waals surface area contributed by atoms with Crippen molar-refractivity contribution in [2.45, 2.75) is 25.9 Å². The van der Waals surface area contributed by atoms with Gasteiger partial charge < -0.3 is 10.5 Å². The van der Waals surface area contributed by atoms with Gasteiger partial charge in [-0.2, -0.15) is 0 Å². The van der Waals surface area contributed by atoms with Gasteiger partial charge in [-0.1, -0.05) is 13.8 Å². The van der Waals surface area contributed by atoms with Gasteiger partial charge in [0.1, 0.15) is 5.76 Å². The third kappa shape index (κ3) is 1.46. The molecule has 0 aromatic heterocycles. The number of hydrogen-bond donors (Lipinski definition) is 1. The van der Waals surface area contributed by atoms with E-state index in [-0.39, 0.29) is 12.5 Å². The molecule has 3 heteroatoms. The zero-order chi connectivity index (χ0) is 9.19. The molecular formula is C9H16FNO. The van der Waals surface area contributed by atoms with Crippen LogP contribution in [0.4, 0.5) is 4.39 Å². The Balaban J connectivity index is 2.78. The van der Waals surface area contributed by atoms with E-state index >= 15 is 0 Å². The van der Waals surface area contributed by atoms with Crippen LogP contribution in [0.1, 0.15) is 20.3 Å². The number of halogens is 1. The van der Waals surface area contributed by atoms with Crippen LogP contribution in [-0.4, -0.2) is 18.8 Å². The summed E-state index contributed by atoms with van der Waals surface area (Å²) in [7, 11) is 0. The van der Waals surface area contributed by atoms with E-state index in [1.807, 2.05) is 13.8 Å². The Labute approximate surface area is 72.6 Å². The van der Waals surface area contributed by atoms with Crippen LogP contribution in [0.3, 0.4) is 0 Å². The van der Waals surface area contributed by atoms with E-state index in [1.54, 1.807) is 6.08 Å². The van der Waals surface area contributed by atoms with Gasteiger partial charge in [0.15, 0.2) is 5.67 Å². The zero-order valence-electron chi connectivity index (χ0n) is 7.64. The highest BCUT2D eigenvalue weighted by molar-refractivity contribution is 5.15. The van der Waals surface area contributed by atoms with Gasteiger partial charge in [0.05, 0.1) is 6.61 Å². The largest absolute Gasteiger partial charge is 0.494 e. The molecule has 2 nitrogen and oxygen atoms in total. The van der Waals surface area contributed by atoms with Crippen LogP contribution < -0.4 is 5.73 Å². The van der Waals surface area contributed by atoms with Crippen LogP contribution in [-0.2, 0) is 4.74 Å². The molecule has 0 aliphatic carbocycles. The van der Waals surface area contributed by atoms with Crippen molar-refractivity contribution in [3.8, 4) is 0 Å². The standard InChI is InChI=1S/C9H16FNO/c1-7(2)9(10,6-11)8-4-3-5-12-8/h4,7H,3,5-6,11H2,1-2H3. The van der Waals surface area contributed by atoms with Crippen LogP contribution in [0.2, 0.25) is 0 Å². The average Bonchev–Trinajstić information content (AvgIpc) is 2.54. The molecule has 1 aliphatic rings. The molecule has 0 saturated carbocycles. The van der Waals surface area contributed by atoms with Gasteiger partial charge in [0.25, 0.3) is 0 Å². The molecule has 0 aromatic rings. The summed E-state index contributed by atoms with van der Waals surface area (Å²) in [5.74, 6) is 0.298. The lowest BCUT2D eigenvalue weighted by atomic mass is 9.90. The quantitative estimate of drug-likeness (QED) is 0.703. The SMILES string of the molecule is CC(C)C(F)(CN)C1=CCCO1. The van der Waals surface area contributed by atoms with Gasteiger partial charge >= 0.3 is 0 Å². The van der Waals surface area contributed by atoms with Crippen molar-refractivity contribution in [3.63, 3.8) is 0 Å². The predicted molar refractivity (Wildman–Crippen MR) is 46.4 cm³/mol. The maximum Gasteiger partial charge on any atom is 0.181 e. The third-order valence-corrected chi connectivity index (χ3v) is 2.33. The fraction of sp³-hybridized carbons (Fsp3) is 0.778. The number of alkyl halides is 1. The van der Waals surface area contributed by atoms with Crippen LogP contribution in [0.5, 0.6) is 0 Å². The molecule has 0 amide bonds. The van der Waals surface area contributed by atoms with Crippen molar-refractivity contribution >= 4 is 0 Å². The summed E-state index contributed by atoms with van der Waals surface area (Å²) in [5.41, 5.74) is 3.93. The highest BCUT2D eigenvalue weighted by Crippen LogP contribution is 2.32. The minimum absolute atomic E-state index is 0.00347. The second kappa shape index (κ2) is 3.44. The Morgan fingerprint density at radius 3 is 2.75 bits per heavy atom. The topological polar surface area (TPSA) is 35.2 Å². The van der Waals surface area contributed by atoms with Gasteiger partial charge in [-0.15, -0.1) is 0 Å². The number of nitrogens with two attached hydrogens (primary N) is 1. The number of hydrogen-bond acceptors (Lipinski definition) is 2. The Hall–Kier alpha value is -0.570. The lowest BCUT2D eigenvalue weighted by Crippen LogP contribution is -2.40. The molecule has 0 aromatic carbocycles. The molecule has 1 unspecified atom stereocenters. The van der Waals surface area contributed by atoms with Crippen LogP contribution in [0.15, 0.2) is 11.8 Å². The van der Waals surface area contributed by atoms with Crippen LogP contribution in [0, 0.1) is 5.92 Å². The lowest BCUT2D eigenvalue weighted by molar-refractivity contribution is 0.0695. The minimum atomic E-state index is -1.46. The Morgan fingerprint density at radius 1 is 1.75 bits per heavy atom. The molecule has 0 spiro atoms. The summed E-state index contributed by atoms with van der Waals surface area (Å²) in [6.07, 6.45) is 2.60. The number of rotatable bonds is 3. The van der Waals surface area contributed by atoms with Gasteiger partial charge in [0, 0.05) is 13.0 Å². The summed E-state index contributed by atoms with van der Waals surface area (Å²) in [6, 6.07) is 0. The fourth-order valence-corrected chi connectivity index (χ4v) is 1.33. The molecular weight excluding hydrogens is 157 g/mol. The summed E-state index contributed by atoms with van der Waals surface area (Å²) >= 11 is 0.